The van der Waals surface area contributed by atoms with Crippen LogP contribution in [0.5, 0.6) is 0 Å². The van der Waals surface area contributed by atoms with Crippen LogP contribution < -0.4 is 5.32 Å². The molecule has 1 atom stereocenters. The Kier molecular flexibility index (Phi) is 3.70. The zero-order valence-electron chi connectivity index (χ0n) is 10.7. The van der Waals surface area contributed by atoms with Gasteiger partial charge in [-0.25, -0.2) is 9.97 Å². The lowest BCUT2D eigenvalue weighted by atomic mass is 10.3. The maximum absolute atomic E-state index is 12.0. The summed E-state index contributed by atoms with van der Waals surface area (Å²) in [5, 5.41) is 5.72. The minimum absolute atomic E-state index is 0.0783. The van der Waals surface area contributed by atoms with Crippen LogP contribution in [0.2, 0.25) is 0 Å². The highest BCUT2D eigenvalue weighted by Crippen LogP contribution is 2.24. The van der Waals surface area contributed by atoms with E-state index >= 15 is 0 Å². The van der Waals surface area contributed by atoms with E-state index in [1.54, 1.807) is 6.20 Å². The van der Waals surface area contributed by atoms with Gasteiger partial charge < -0.3 is 10.3 Å². The number of thioether (sulfide) groups is 1. The number of fused-ring (bicyclic) bond motifs is 1. The van der Waals surface area contributed by atoms with Crippen LogP contribution in [0, 0.1) is 0 Å². The summed E-state index contributed by atoms with van der Waals surface area (Å²) >= 11 is 2.80. The van der Waals surface area contributed by atoms with Crippen molar-refractivity contribution in [1.82, 2.24) is 15.0 Å². The molecule has 0 fully saturated rings. The number of anilines is 1. The standard InChI is InChI=1S/C13H12N4OS2/c1-8(11(18)17-12-14-6-7-19-12)20-13-15-9-4-2-3-5-10(9)16-13/h2-8H,1H3,(H,15,16)(H,14,17,18)/t8-/m1/s1. The van der Waals surface area contributed by atoms with Gasteiger partial charge in [0.15, 0.2) is 10.3 Å². The molecule has 0 spiro atoms. The number of para-hydroxylation sites is 2. The zero-order chi connectivity index (χ0) is 13.9. The Morgan fingerprint density at radius 3 is 3.05 bits per heavy atom. The van der Waals surface area contributed by atoms with E-state index in [2.05, 4.69) is 20.3 Å². The van der Waals surface area contributed by atoms with Gasteiger partial charge in [-0.05, 0) is 19.1 Å². The molecule has 7 heteroatoms. The number of H-pyrrole nitrogens is 1. The second-order valence-corrected chi connectivity index (χ2v) is 6.37. The summed E-state index contributed by atoms with van der Waals surface area (Å²) in [6.07, 6.45) is 1.66. The predicted molar refractivity (Wildman–Crippen MR) is 82.2 cm³/mol. The van der Waals surface area contributed by atoms with Crippen LogP contribution in [0.4, 0.5) is 5.13 Å². The SMILES string of the molecule is C[C@@H](Sc1nc2ccccc2[nH]1)C(=O)Nc1nccs1. The van der Waals surface area contributed by atoms with Gasteiger partial charge in [0.2, 0.25) is 5.91 Å². The van der Waals surface area contributed by atoms with Crippen molar-refractivity contribution < 1.29 is 4.79 Å². The first-order valence-corrected chi connectivity index (χ1v) is 7.80. The summed E-state index contributed by atoms with van der Waals surface area (Å²) < 4.78 is 0. The monoisotopic (exact) mass is 304 g/mol. The van der Waals surface area contributed by atoms with E-state index in [1.165, 1.54) is 23.1 Å². The highest BCUT2D eigenvalue weighted by atomic mass is 32.2. The summed E-state index contributed by atoms with van der Waals surface area (Å²) in [4.78, 5) is 23.7. The van der Waals surface area contributed by atoms with Crippen molar-refractivity contribution >= 4 is 45.2 Å². The fraction of sp³-hybridized carbons (Fsp3) is 0.154. The number of carbonyl (C=O) groups is 1. The lowest BCUT2D eigenvalue weighted by molar-refractivity contribution is -0.115. The predicted octanol–water partition coefficient (Wildman–Crippen LogP) is 3.14. The third kappa shape index (κ3) is 2.83. The quantitative estimate of drug-likeness (QED) is 0.726. The minimum Gasteiger partial charge on any atom is -0.333 e. The van der Waals surface area contributed by atoms with Crippen molar-refractivity contribution in [2.45, 2.75) is 17.3 Å². The average molecular weight is 304 g/mol. The Hall–Kier alpha value is -1.86. The van der Waals surface area contributed by atoms with Gasteiger partial charge in [-0.3, -0.25) is 4.79 Å². The van der Waals surface area contributed by atoms with E-state index in [-0.39, 0.29) is 11.2 Å². The van der Waals surface area contributed by atoms with Crippen molar-refractivity contribution in [3.05, 3.63) is 35.8 Å². The Morgan fingerprint density at radius 2 is 2.30 bits per heavy atom. The molecule has 0 unspecified atom stereocenters. The molecule has 2 N–H and O–H groups in total. The average Bonchev–Trinajstić information content (AvgIpc) is 3.06. The number of hydrogen-bond donors (Lipinski definition) is 2. The van der Waals surface area contributed by atoms with Crippen LogP contribution in [-0.4, -0.2) is 26.1 Å². The molecule has 0 radical (unpaired) electrons. The number of aromatic nitrogens is 3. The molecule has 0 bridgehead atoms. The molecule has 3 rings (SSSR count). The minimum atomic E-state index is -0.250. The van der Waals surface area contributed by atoms with Crippen LogP contribution in [-0.2, 0) is 4.79 Å². The van der Waals surface area contributed by atoms with Crippen molar-refractivity contribution in [3.63, 3.8) is 0 Å². The molecule has 1 aromatic carbocycles. The number of rotatable bonds is 4. The van der Waals surface area contributed by atoms with E-state index in [4.69, 9.17) is 0 Å². The molecule has 2 aromatic heterocycles. The molecule has 0 aliphatic rings. The molecule has 0 saturated carbocycles. The molecule has 0 saturated heterocycles. The second-order valence-electron chi connectivity index (χ2n) is 4.15. The number of hydrogen-bond acceptors (Lipinski definition) is 5. The smallest absolute Gasteiger partial charge is 0.239 e. The molecule has 102 valence electrons. The normalized spacial score (nSPS) is 12.4. The first-order valence-electron chi connectivity index (χ1n) is 6.04. The van der Waals surface area contributed by atoms with Crippen LogP contribution in [0.1, 0.15) is 6.92 Å². The Balaban J connectivity index is 1.68. The Morgan fingerprint density at radius 1 is 1.45 bits per heavy atom. The van der Waals surface area contributed by atoms with Crippen molar-refractivity contribution in [2.75, 3.05) is 5.32 Å². The highest BCUT2D eigenvalue weighted by molar-refractivity contribution is 8.00. The largest absolute Gasteiger partial charge is 0.333 e. The zero-order valence-corrected chi connectivity index (χ0v) is 12.3. The first kappa shape index (κ1) is 13.1. The number of nitrogens with one attached hydrogen (secondary N) is 2. The van der Waals surface area contributed by atoms with Gasteiger partial charge in [0.25, 0.3) is 0 Å². The number of carbonyl (C=O) groups excluding carboxylic acids is 1. The summed E-state index contributed by atoms with van der Waals surface area (Å²) in [5.74, 6) is -0.0783. The van der Waals surface area contributed by atoms with Gasteiger partial charge in [-0.1, -0.05) is 23.9 Å². The molecule has 3 aromatic rings. The van der Waals surface area contributed by atoms with Crippen molar-refractivity contribution in [2.24, 2.45) is 0 Å². The number of benzene rings is 1. The number of thiazole rings is 1. The van der Waals surface area contributed by atoms with Crippen molar-refractivity contribution in [3.8, 4) is 0 Å². The third-order valence-corrected chi connectivity index (χ3v) is 4.36. The van der Waals surface area contributed by atoms with Crippen LogP contribution >= 0.6 is 23.1 Å². The van der Waals surface area contributed by atoms with E-state index in [0.717, 1.165) is 16.2 Å². The first-order chi connectivity index (χ1) is 9.72. The van der Waals surface area contributed by atoms with Crippen LogP contribution in [0.3, 0.4) is 0 Å². The summed E-state index contributed by atoms with van der Waals surface area (Å²) in [6, 6.07) is 7.80. The summed E-state index contributed by atoms with van der Waals surface area (Å²) in [7, 11) is 0. The Labute approximate surface area is 123 Å². The molecule has 5 nitrogen and oxygen atoms in total. The number of nitrogens with zero attached hydrogens (tertiary/aromatic N) is 2. The molecule has 2 heterocycles. The third-order valence-electron chi connectivity index (χ3n) is 2.69. The number of aromatic amines is 1. The summed E-state index contributed by atoms with van der Waals surface area (Å²) in [5.41, 5.74) is 1.88. The molecule has 1 amide bonds. The fourth-order valence-electron chi connectivity index (χ4n) is 1.70. The lowest BCUT2D eigenvalue weighted by Gasteiger charge is -2.08. The van der Waals surface area contributed by atoms with Gasteiger partial charge in [0.05, 0.1) is 16.3 Å². The van der Waals surface area contributed by atoms with Crippen LogP contribution in [0.15, 0.2) is 41.0 Å². The number of imidazole rings is 1. The highest BCUT2D eigenvalue weighted by Gasteiger charge is 2.17. The van der Waals surface area contributed by atoms with Gasteiger partial charge >= 0.3 is 0 Å². The summed E-state index contributed by atoms with van der Waals surface area (Å²) in [6.45, 7) is 1.85. The van der Waals surface area contributed by atoms with Crippen LogP contribution in [0.25, 0.3) is 11.0 Å². The fourth-order valence-corrected chi connectivity index (χ4v) is 3.05. The van der Waals surface area contributed by atoms with Gasteiger partial charge in [0.1, 0.15) is 0 Å². The van der Waals surface area contributed by atoms with E-state index in [9.17, 15) is 4.79 Å². The van der Waals surface area contributed by atoms with E-state index in [1.807, 2.05) is 36.6 Å². The molecule has 0 aliphatic carbocycles. The van der Waals surface area contributed by atoms with Gasteiger partial charge in [0, 0.05) is 11.6 Å². The lowest BCUT2D eigenvalue weighted by Crippen LogP contribution is -2.22. The Bertz CT molecular complexity index is 690. The second kappa shape index (κ2) is 5.64. The maximum Gasteiger partial charge on any atom is 0.239 e. The van der Waals surface area contributed by atoms with Crippen molar-refractivity contribution in [1.29, 1.82) is 0 Å². The molecular weight excluding hydrogens is 292 g/mol. The van der Waals surface area contributed by atoms with E-state index in [0.29, 0.717) is 5.13 Å². The van der Waals surface area contributed by atoms with Gasteiger partial charge in [-0.2, -0.15) is 0 Å². The number of amides is 1. The molecule has 20 heavy (non-hydrogen) atoms. The maximum atomic E-state index is 12.0. The van der Waals surface area contributed by atoms with Gasteiger partial charge in [-0.15, -0.1) is 11.3 Å². The topological polar surface area (TPSA) is 70.7 Å². The molecule has 0 aliphatic heterocycles. The molecular formula is C13H12N4OS2. The van der Waals surface area contributed by atoms with E-state index < -0.39 is 0 Å².